The first-order valence-corrected chi connectivity index (χ1v) is 6.47. The fourth-order valence-corrected chi connectivity index (χ4v) is 1.83. The minimum Gasteiger partial charge on any atom is -0.306 e. The quantitative estimate of drug-likeness (QED) is 0.901. The van der Waals surface area contributed by atoms with Gasteiger partial charge in [0.05, 0.1) is 29.8 Å². The maximum Gasteiger partial charge on any atom is 0.0965 e. The maximum absolute atomic E-state index is 4.33. The van der Waals surface area contributed by atoms with Gasteiger partial charge in [0.2, 0.25) is 0 Å². The molecule has 0 aliphatic rings. The lowest BCUT2D eigenvalue weighted by Gasteiger charge is -2.19. The number of rotatable bonds is 4. The third kappa shape index (κ3) is 3.89. The summed E-state index contributed by atoms with van der Waals surface area (Å²) < 4.78 is 3.72. The zero-order chi connectivity index (χ0) is 14.0. The van der Waals surface area contributed by atoms with E-state index in [1.807, 2.05) is 29.5 Å². The summed E-state index contributed by atoms with van der Waals surface area (Å²) in [6.45, 7) is 9.82. The van der Waals surface area contributed by atoms with Crippen LogP contribution in [0.3, 0.4) is 0 Å². The van der Waals surface area contributed by atoms with Gasteiger partial charge < -0.3 is 5.32 Å². The van der Waals surface area contributed by atoms with Crippen LogP contribution in [0.25, 0.3) is 0 Å². The highest BCUT2D eigenvalue weighted by molar-refractivity contribution is 5.09. The Labute approximate surface area is 113 Å². The molecule has 0 bridgehead atoms. The Morgan fingerprint density at radius 2 is 2.05 bits per heavy atom. The van der Waals surface area contributed by atoms with Gasteiger partial charge in [-0.05, 0) is 33.8 Å². The van der Waals surface area contributed by atoms with Crippen LogP contribution < -0.4 is 5.32 Å². The van der Waals surface area contributed by atoms with Crippen LogP contribution in [0.5, 0.6) is 0 Å². The van der Waals surface area contributed by atoms with E-state index in [9.17, 15) is 0 Å². The van der Waals surface area contributed by atoms with Crippen molar-refractivity contribution in [3.8, 4) is 0 Å². The molecular formula is C13H22N6. The molecule has 0 spiro atoms. The summed E-state index contributed by atoms with van der Waals surface area (Å²) >= 11 is 0. The maximum atomic E-state index is 4.33. The molecule has 2 heterocycles. The van der Waals surface area contributed by atoms with Gasteiger partial charge in [0.25, 0.3) is 0 Å². The largest absolute Gasteiger partial charge is 0.306 e. The van der Waals surface area contributed by atoms with Crippen LogP contribution in [0, 0.1) is 6.92 Å². The van der Waals surface area contributed by atoms with Crippen LogP contribution in [-0.4, -0.2) is 30.3 Å². The molecule has 0 aliphatic heterocycles. The molecule has 6 heteroatoms. The summed E-state index contributed by atoms with van der Waals surface area (Å²) in [5.74, 6) is 0. The van der Waals surface area contributed by atoms with Crippen LogP contribution in [0.4, 0.5) is 0 Å². The van der Waals surface area contributed by atoms with Gasteiger partial charge in [0.1, 0.15) is 0 Å². The molecule has 0 amide bonds. The van der Waals surface area contributed by atoms with Crippen molar-refractivity contribution >= 4 is 0 Å². The van der Waals surface area contributed by atoms with E-state index >= 15 is 0 Å². The summed E-state index contributed by atoms with van der Waals surface area (Å²) in [6.07, 6.45) is 1.97. The van der Waals surface area contributed by atoms with Crippen molar-refractivity contribution in [2.75, 3.05) is 0 Å². The summed E-state index contributed by atoms with van der Waals surface area (Å²) in [6, 6.07) is 2.06. The van der Waals surface area contributed by atoms with Gasteiger partial charge in [-0.15, -0.1) is 5.10 Å². The molecule has 104 valence electrons. The number of aromatic nitrogens is 5. The van der Waals surface area contributed by atoms with Crippen molar-refractivity contribution in [1.82, 2.24) is 30.1 Å². The average molecular weight is 262 g/mol. The topological polar surface area (TPSA) is 60.6 Å². The molecule has 0 saturated heterocycles. The van der Waals surface area contributed by atoms with E-state index in [1.54, 1.807) is 0 Å². The lowest BCUT2D eigenvalue weighted by atomic mass is 10.1. The Balaban J connectivity index is 1.99. The Kier molecular flexibility index (Phi) is 3.71. The molecule has 2 aromatic rings. The van der Waals surface area contributed by atoms with E-state index < -0.39 is 0 Å². The Morgan fingerprint density at radius 3 is 2.63 bits per heavy atom. The van der Waals surface area contributed by atoms with Crippen molar-refractivity contribution in [2.24, 2.45) is 7.05 Å². The predicted octanol–water partition coefficient (Wildman–Crippen LogP) is 1.26. The summed E-state index contributed by atoms with van der Waals surface area (Å²) in [5.41, 5.74) is 3.18. The third-order valence-corrected chi connectivity index (χ3v) is 2.81. The second kappa shape index (κ2) is 5.13. The number of aryl methyl sites for hydroxylation is 2. The van der Waals surface area contributed by atoms with Gasteiger partial charge in [-0.2, -0.15) is 5.10 Å². The molecule has 0 radical (unpaired) electrons. The zero-order valence-electron chi connectivity index (χ0n) is 12.3. The SMILES string of the molecule is Cc1cc(Cn2cc(CNC(C)(C)C)nn2)n(C)n1. The van der Waals surface area contributed by atoms with Crippen LogP contribution in [0.15, 0.2) is 12.3 Å². The van der Waals surface area contributed by atoms with Gasteiger partial charge in [-0.1, -0.05) is 5.21 Å². The number of hydrogen-bond acceptors (Lipinski definition) is 4. The number of hydrogen-bond donors (Lipinski definition) is 1. The van der Waals surface area contributed by atoms with Crippen molar-refractivity contribution < 1.29 is 0 Å². The Morgan fingerprint density at radius 1 is 1.32 bits per heavy atom. The molecule has 0 saturated carbocycles. The van der Waals surface area contributed by atoms with E-state index in [0.29, 0.717) is 6.54 Å². The molecule has 0 atom stereocenters. The molecular weight excluding hydrogens is 240 g/mol. The van der Waals surface area contributed by atoms with Gasteiger partial charge >= 0.3 is 0 Å². The van der Waals surface area contributed by atoms with E-state index in [-0.39, 0.29) is 5.54 Å². The highest BCUT2D eigenvalue weighted by Crippen LogP contribution is 2.05. The number of nitrogens with one attached hydrogen (secondary N) is 1. The molecule has 0 aromatic carbocycles. The minimum absolute atomic E-state index is 0.0862. The molecule has 1 N–H and O–H groups in total. The standard InChI is InChI=1S/C13H22N6/c1-10-6-12(18(5)16-10)9-19-8-11(15-17-19)7-14-13(2,3)4/h6,8,14H,7,9H2,1-5H3. The average Bonchev–Trinajstić information content (AvgIpc) is 2.83. The first-order valence-electron chi connectivity index (χ1n) is 6.47. The van der Waals surface area contributed by atoms with Crippen molar-refractivity contribution in [2.45, 2.75) is 46.3 Å². The van der Waals surface area contributed by atoms with Crippen molar-refractivity contribution in [3.05, 3.63) is 29.3 Å². The summed E-state index contributed by atoms with van der Waals surface area (Å²) in [7, 11) is 1.95. The highest BCUT2D eigenvalue weighted by atomic mass is 15.4. The van der Waals surface area contributed by atoms with E-state index in [1.165, 1.54) is 0 Å². The van der Waals surface area contributed by atoms with Crippen LogP contribution in [-0.2, 0) is 20.1 Å². The van der Waals surface area contributed by atoms with Gasteiger partial charge in [-0.3, -0.25) is 4.68 Å². The Bertz CT molecular complexity index is 546. The minimum atomic E-state index is 0.0862. The first-order chi connectivity index (χ1) is 8.83. The molecule has 2 aromatic heterocycles. The highest BCUT2D eigenvalue weighted by Gasteiger charge is 2.10. The second-order valence-corrected chi connectivity index (χ2v) is 5.91. The second-order valence-electron chi connectivity index (χ2n) is 5.91. The fraction of sp³-hybridized carbons (Fsp3) is 0.615. The molecule has 0 aliphatic carbocycles. The van der Waals surface area contributed by atoms with E-state index in [2.05, 4.69) is 47.6 Å². The monoisotopic (exact) mass is 262 g/mol. The lowest BCUT2D eigenvalue weighted by Crippen LogP contribution is -2.35. The molecule has 6 nitrogen and oxygen atoms in total. The molecule has 19 heavy (non-hydrogen) atoms. The van der Waals surface area contributed by atoms with E-state index in [4.69, 9.17) is 0 Å². The van der Waals surface area contributed by atoms with E-state index in [0.717, 1.165) is 23.6 Å². The van der Waals surface area contributed by atoms with Gasteiger partial charge in [-0.25, -0.2) is 4.68 Å². The van der Waals surface area contributed by atoms with Crippen molar-refractivity contribution in [3.63, 3.8) is 0 Å². The van der Waals surface area contributed by atoms with Gasteiger partial charge in [0.15, 0.2) is 0 Å². The lowest BCUT2D eigenvalue weighted by molar-refractivity contribution is 0.421. The van der Waals surface area contributed by atoms with Crippen LogP contribution in [0.2, 0.25) is 0 Å². The first kappa shape index (κ1) is 13.7. The summed E-state index contributed by atoms with van der Waals surface area (Å²) in [5, 5.41) is 16.0. The van der Waals surface area contributed by atoms with Crippen LogP contribution in [0.1, 0.15) is 37.9 Å². The normalized spacial score (nSPS) is 12.1. The third-order valence-electron chi connectivity index (χ3n) is 2.81. The molecule has 0 unspecified atom stereocenters. The van der Waals surface area contributed by atoms with Gasteiger partial charge in [0, 0.05) is 19.1 Å². The smallest absolute Gasteiger partial charge is 0.0965 e. The molecule has 0 fully saturated rings. The van der Waals surface area contributed by atoms with Crippen molar-refractivity contribution in [1.29, 1.82) is 0 Å². The fourth-order valence-electron chi connectivity index (χ4n) is 1.83. The zero-order valence-corrected chi connectivity index (χ0v) is 12.3. The summed E-state index contributed by atoms with van der Waals surface area (Å²) in [4.78, 5) is 0. The van der Waals surface area contributed by atoms with Crippen LogP contribution >= 0.6 is 0 Å². The predicted molar refractivity (Wildman–Crippen MR) is 73.7 cm³/mol. The Hall–Kier alpha value is -1.69. The number of nitrogens with zero attached hydrogens (tertiary/aromatic N) is 5. The molecule has 2 rings (SSSR count).